The Morgan fingerprint density at radius 3 is 2.31 bits per heavy atom. The van der Waals surface area contributed by atoms with Gasteiger partial charge in [0, 0.05) is 32.8 Å². The highest BCUT2D eigenvalue weighted by atomic mass is 19.4. The van der Waals surface area contributed by atoms with Crippen molar-refractivity contribution in [2.45, 2.75) is 26.6 Å². The molecule has 2 heterocycles. The molecular formula is C21H23F3N4O. The highest BCUT2D eigenvalue weighted by molar-refractivity contribution is 5.93. The van der Waals surface area contributed by atoms with Crippen LogP contribution in [0, 0.1) is 6.92 Å². The molecule has 5 nitrogen and oxygen atoms in total. The summed E-state index contributed by atoms with van der Waals surface area (Å²) in [6.45, 7) is 2.84. The van der Waals surface area contributed by atoms with Crippen molar-refractivity contribution in [3.63, 3.8) is 0 Å². The molecule has 0 spiro atoms. The van der Waals surface area contributed by atoms with E-state index in [1.165, 1.54) is 10.5 Å². The summed E-state index contributed by atoms with van der Waals surface area (Å²) in [4.78, 5) is 17.9. The van der Waals surface area contributed by atoms with Crippen LogP contribution < -0.4 is 0 Å². The number of carbonyl (C=O) groups is 1. The van der Waals surface area contributed by atoms with Gasteiger partial charge >= 0.3 is 6.18 Å². The van der Waals surface area contributed by atoms with Crippen LogP contribution in [0.15, 0.2) is 54.7 Å². The summed E-state index contributed by atoms with van der Waals surface area (Å²) in [5, 5.41) is 4.59. The molecule has 0 saturated carbocycles. The molecule has 8 heteroatoms. The average molecular weight is 404 g/mol. The third-order valence-corrected chi connectivity index (χ3v) is 3.76. The van der Waals surface area contributed by atoms with Crippen molar-refractivity contribution in [3.05, 3.63) is 71.7 Å². The fourth-order valence-electron chi connectivity index (χ4n) is 2.59. The smallest absolute Gasteiger partial charge is 0.343 e. The molecule has 0 bridgehead atoms. The van der Waals surface area contributed by atoms with E-state index in [9.17, 15) is 18.0 Å². The van der Waals surface area contributed by atoms with Gasteiger partial charge in [0.05, 0.1) is 17.9 Å². The lowest BCUT2D eigenvalue weighted by molar-refractivity contribution is -0.110. The zero-order valence-electron chi connectivity index (χ0n) is 16.7. The molecule has 0 N–H and O–H groups in total. The number of hydrogen-bond donors (Lipinski definition) is 0. The number of nitrogens with zero attached hydrogens (tertiary/aromatic N) is 4. The number of pyridine rings is 1. The molecule has 1 aromatic carbocycles. The molecule has 3 rings (SSSR count). The zero-order valence-corrected chi connectivity index (χ0v) is 16.7. The summed E-state index contributed by atoms with van der Waals surface area (Å²) < 4.78 is 33.0. The Balaban J connectivity index is 0.000000537. The van der Waals surface area contributed by atoms with Crippen LogP contribution in [0.1, 0.15) is 28.7 Å². The normalized spacial score (nSPS) is 10.9. The van der Waals surface area contributed by atoms with E-state index in [-0.39, 0.29) is 12.8 Å². The van der Waals surface area contributed by atoms with Crippen molar-refractivity contribution in [1.29, 1.82) is 0 Å². The van der Waals surface area contributed by atoms with E-state index in [2.05, 4.69) is 22.2 Å². The Morgan fingerprint density at radius 2 is 1.72 bits per heavy atom. The van der Waals surface area contributed by atoms with Crippen LogP contribution in [0.25, 0.3) is 11.3 Å². The van der Waals surface area contributed by atoms with E-state index in [0.717, 1.165) is 17.0 Å². The highest BCUT2D eigenvalue weighted by Gasteiger charge is 2.16. The van der Waals surface area contributed by atoms with Crippen LogP contribution in [0.5, 0.6) is 0 Å². The van der Waals surface area contributed by atoms with E-state index in [1.807, 2.05) is 48.0 Å². The monoisotopic (exact) mass is 404 g/mol. The van der Waals surface area contributed by atoms with Crippen molar-refractivity contribution in [2.24, 2.45) is 0 Å². The number of amides is 1. The van der Waals surface area contributed by atoms with Crippen LogP contribution in [-0.2, 0) is 6.54 Å². The summed E-state index contributed by atoms with van der Waals surface area (Å²) in [6.07, 6.45) is -2.33. The van der Waals surface area contributed by atoms with Gasteiger partial charge in [-0.05, 0) is 30.7 Å². The minimum atomic E-state index is -4.00. The third kappa shape index (κ3) is 7.06. The van der Waals surface area contributed by atoms with E-state index in [4.69, 9.17) is 0 Å². The molecule has 29 heavy (non-hydrogen) atoms. The largest absolute Gasteiger partial charge is 0.386 e. The molecule has 0 saturated heterocycles. The van der Waals surface area contributed by atoms with Gasteiger partial charge in [-0.1, -0.05) is 30.3 Å². The predicted octanol–water partition coefficient (Wildman–Crippen LogP) is 4.57. The first-order valence-electron chi connectivity index (χ1n) is 8.88. The number of halogens is 3. The molecule has 0 aliphatic carbocycles. The lowest BCUT2D eigenvalue weighted by Crippen LogP contribution is -2.22. The average Bonchev–Trinajstić information content (AvgIpc) is 3.01. The minimum Gasteiger partial charge on any atom is -0.343 e. The van der Waals surface area contributed by atoms with Gasteiger partial charge in [0.2, 0.25) is 0 Å². The highest BCUT2D eigenvalue weighted by Crippen LogP contribution is 2.22. The molecule has 0 fully saturated rings. The van der Waals surface area contributed by atoms with Crippen LogP contribution in [0.3, 0.4) is 0 Å². The van der Waals surface area contributed by atoms with Gasteiger partial charge in [0.15, 0.2) is 0 Å². The number of aryl methyl sites for hydroxylation is 1. The maximum absolute atomic E-state index is 12.2. The van der Waals surface area contributed by atoms with Crippen LogP contribution in [0.4, 0.5) is 13.2 Å². The Hall–Kier alpha value is -3.16. The van der Waals surface area contributed by atoms with Gasteiger partial charge in [-0.15, -0.1) is 0 Å². The number of benzene rings is 1. The van der Waals surface area contributed by atoms with Crippen LogP contribution in [0.2, 0.25) is 0 Å². The molecule has 3 aromatic rings. The number of alkyl halides is 3. The molecule has 0 unspecified atom stereocenters. The van der Waals surface area contributed by atoms with Gasteiger partial charge in [-0.3, -0.25) is 14.5 Å². The number of rotatable bonds is 4. The second-order valence-electron chi connectivity index (χ2n) is 6.72. The fraction of sp³-hybridized carbons (Fsp3) is 0.286. The van der Waals surface area contributed by atoms with E-state index in [0.29, 0.717) is 12.2 Å². The Morgan fingerprint density at radius 1 is 1.10 bits per heavy atom. The SMILES string of the molecule is CC(F)(F)F.Cc1cc(-c2ccnc(C(=O)N(C)C)c2)n(Cc2ccccc2)n1. The van der Waals surface area contributed by atoms with E-state index < -0.39 is 6.18 Å². The van der Waals surface area contributed by atoms with Crippen molar-refractivity contribution < 1.29 is 18.0 Å². The van der Waals surface area contributed by atoms with Gasteiger partial charge < -0.3 is 4.90 Å². The second kappa shape index (κ2) is 9.36. The third-order valence-electron chi connectivity index (χ3n) is 3.76. The minimum absolute atomic E-state index is 0.109. The van der Waals surface area contributed by atoms with Crippen molar-refractivity contribution in [2.75, 3.05) is 14.1 Å². The molecule has 154 valence electrons. The van der Waals surface area contributed by atoms with Crippen molar-refractivity contribution >= 4 is 5.91 Å². The Labute approximate surface area is 167 Å². The lowest BCUT2D eigenvalue weighted by atomic mass is 10.1. The summed E-state index contributed by atoms with van der Waals surface area (Å²) in [5.74, 6) is -0.109. The van der Waals surface area contributed by atoms with Gasteiger partial charge in [-0.25, -0.2) is 0 Å². The standard InChI is InChI=1S/C19H20N4O.C2H3F3/c1-14-11-18(23(21-14)13-15-7-5-4-6-8-15)16-9-10-20-17(12-16)19(24)22(2)3;1-2(3,4)5/h4-12H,13H2,1-3H3;1H3. The molecule has 0 atom stereocenters. The molecule has 0 radical (unpaired) electrons. The van der Waals surface area contributed by atoms with Gasteiger partial charge in [0.25, 0.3) is 5.91 Å². The summed E-state index contributed by atoms with van der Waals surface area (Å²) in [6, 6.07) is 16.0. The Bertz CT molecular complexity index is 944. The lowest BCUT2D eigenvalue weighted by Gasteiger charge is -2.11. The quantitative estimate of drug-likeness (QED) is 0.640. The molecular weight excluding hydrogens is 381 g/mol. The topological polar surface area (TPSA) is 51.0 Å². The molecule has 1 amide bonds. The van der Waals surface area contributed by atoms with Gasteiger partial charge in [-0.2, -0.15) is 18.3 Å². The van der Waals surface area contributed by atoms with Crippen molar-refractivity contribution in [3.8, 4) is 11.3 Å². The molecule has 2 aromatic heterocycles. The maximum Gasteiger partial charge on any atom is 0.386 e. The zero-order chi connectivity index (χ0) is 21.6. The van der Waals surface area contributed by atoms with E-state index >= 15 is 0 Å². The first kappa shape index (κ1) is 22.1. The van der Waals surface area contributed by atoms with E-state index in [1.54, 1.807) is 20.3 Å². The maximum atomic E-state index is 12.2. The number of hydrogen-bond acceptors (Lipinski definition) is 3. The van der Waals surface area contributed by atoms with Crippen LogP contribution in [-0.4, -0.2) is 45.8 Å². The summed E-state index contributed by atoms with van der Waals surface area (Å²) in [5.41, 5.74) is 4.47. The number of carbonyl (C=O) groups excluding carboxylic acids is 1. The predicted molar refractivity (Wildman–Crippen MR) is 105 cm³/mol. The first-order valence-corrected chi connectivity index (χ1v) is 8.88. The van der Waals surface area contributed by atoms with Crippen LogP contribution >= 0.6 is 0 Å². The summed E-state index contributed by atoms with van der Waals surface area (Å²) >= 11 is 0. The summed E-state index contributed by atoms with van der Waals surface area (Å²) in [7, 11) is 3.45. The second-order valence-corrected chi connectivity index (χ2v) is 6.72. The molecule has 0 aliphatic heterocycles. The van der Waals surface area contributed by atoms with Gasteiger partial charge in [0.1, 0.15) is 5.69 Å². The number of aromatic nitrogens is 3. The Kier molecular flexibility index (Phi) is 7.14. The molecule has 0 aliphatic rings. The first-order chi connectivity index (χ1) is 13.5. The fourth-order valence-corrected chi connectivity index (χ4v) is 2.59. The van der Waals surface area contributed by atoms with Crippen molar-refractivity contribution in [1.82, 2.24) is 19.7 Å².